The third-order valence-electron chi connectivity index (χ3n) is 7.12. The van der Waals surface area contributed by atoms with Gasteiger partial charge in [-0.3, -0.25) is 9.48 Å². The number of nitriles is 1. The van der Waals surface area contributed by atoms with Gasteiger partial charge in [0.15, 0.2) is 0 Å². The zero-order chi connectivity index (χ0) is 22.9. The molecule has 2 N–H and O–H groups in total. The van der Waals surface area contributed by atoms with E-state index in [2.05, 4.69) is 16.3 Å². The van der Waals surface area contributed by atoms with Crippen molar-refractivity contribution in [3.8, 4) is 22.9 Å². The minimum absolute atomic E-state index is 0.145. The van der Waals surface area contributed by atoms with Gasteiger partial charge in [-0.2, -0.15) is 15.5 Å². The lowest BCUT2D eigenvalue weighted by Gasteiger charge is -2.36. The van der Waals surface area contributed by atoms with Crippen molar-refractivity contribution in [1.29, 1.82) is 5.26 Å². The van der Waals surface area contributed by atoms with Gasteiger partial charge in [-0.1, -0.05) is 0 Å². The van der Waals surface area contributed by atoms with Gasteiger partial charge in [0.05, 0.1) is 25.5 Å². The van der Waals surface area contributed by atoms with Crippen LogP contribution < -0.4 is 10.5 Å². The molecule has 0 aromatic carbocycles. The normalized spacial score (nSPS) is 21.8. The minimum Gasteiger partial charge on any atom is -0.494 e. The summed E-state index contributed by atoms with van der Waals surface area (Å²) >= 11 is 0. The number of hydrogen-bond donors (Lipinski definition) is 1. The van der Waals surface area contributed by atoms with Gasteiger partial charge in [0.1, 0.15) is 22.9 Å². The van der Waals surface area contributed by atoms with Crippen LogP contribution in [0.4, 0.5) is 0 Å². The van der Waals surface area contributed by atoms with Crippen LogP contribution in [0, 0.1) is 17.2 Å². The molecule has 1 saturated heterocycles. The molecule has 0 bridgehead atoms. The van der Waals surface area contributed by atoms with Crippen LogP contribution in [0.3, 0.4) is 0 Å². The van der Waals surface area contributed by atoms with E-state index >= 15 is 0 Å². The number of likely N-dealkylation sites (tertiary alicyclic amines) is 1. The Morgan fingerprint density at radius 2 is 1.85 bits per heavy atom. The maximum Gasteiger partial charge on any atom is 0.225 e. The van der Waals surface area contributed by atoms with Crippen LogP contribution in [0.5, 0.6) is 5.75 Å². The van der Waals surface area contributed by atoms with Crippen molar-refractivity contribution < 1.29 is 9.53 Å². The van der Waals surface area contributed by atoms with Crippen LogP contribution in [0.2, 0.25) is 0 Å². The molecule has 3 aromatic rings. The number of aromatic nitrogens is 4. The SMILES string of the molecule is COc1cc(-c2cnn(C3CCN(C(=O)[C@H]4CC[C@H](N)CC4)CC3)c2)cn2ncc(C#N)c12. The summed E-state index contributed by atoms with van der Waals surface area (Å²) in [4.78, 5) is 14.9. The topological polar surface area (TPSA) is 114 Å². The molecule has 9 nitrogen and oxygen atoms in total. The predicted octanol–water partition coefficient (Wildman–Crippen LogP) is 2.76. The largest absolute Gasteiger partial charge is 0.494 e. The number of pyridine rings is 1. The fraction of sp³-hybridized carbons (Fsp3) is 0.500. The zero-order valence-corrected chi connectivity index (χ0v) is 18.9. The molecule has 0 spiro atoms. The molecule has 0 atom stereocenters. The van der Waals surface area contributed by atoms with Crippen LogP contribution in [0.1, 0.15) is 50.1 Å². The van der Waals surface area contributed by atoms with E-state index < -0.39 is 0 Å². The Labute approximate surface area is 192 Å². The van der Waals surface area contributed by atoms with E-state index in [0.717, 1.165) is 62.7 Å². The Kier molecular flexibility index (Phi) is 5.77. The molecule has 33 heavy (non-hydrogen) atoms. The lowest BCUT2D eigenvalue weighted by atomic mass is 9.85. The molecule has 1 saturated carbocycles. The van der Waals surface area contributed by atoms with Gasteiger partial charge < -0.3 is 15.4 Å². The van der Waals surface area contributed by atoms with Crippen LogP contribution in [-0.4, -0.2) is 56.4 Å². The molecule has 1 aliphatic heterocycles. The third kappa shape index (κ3) is 4.07. The fourth-order valence-electron chi connectivity index (χ4n) is 5.14. The average molecular weight is 448 g/mol. The summed E-state index contributed by atoms with van der Waals surface area (Å²) < 4.78 is 9.20. The summed E-state index contributed by atoms with van der Waals surface area (Å²) in [6.07, 6.45) is 12.9. The monoisotopic (exact) mass is 447 g/mol. The smallest absolute Gasteiger partial charge is 0.225 e. The molecule has 1 aliphatic carbocycles. The van der Waals surface area contributed by atoms with Crippen LogP contribution in [-0.2, 0) is 4.79 Å². The van der Waals surface area contributed by atoms with Crippen LogP contribution in [0.25, 0.3) is 16.6 Å². The second-order valence-corrected chi connectivity index (χ2v) is 9.14. The maximum absolute atomic E-state index is 12.9. The Bertz CT molecular complexity index is 1190. The van der Waals surface area contributed by atoms with Crippen molar-refractivity contribution in [3.05, 3.63) is 36.4 Å². The molecule has 3 aromatic heterocycles. The number of nitrogens with zero attached hydrogens (tertiary/aromatic N) is 6. The van der Waals surface area contributed by atoms with Gasteiger partial charge in [-0.05, 0) is 44.6 Å². The van der Waals surface area contributed by atoms with Crippen LogP contribution in [0.15, 0.2) is 30.9 Å². The maximum atomic E-state index is 12.9. The van der Waals surface area contributed by atoms with E-state index in [9.17, 15) is 10.1 Å². The van der Waals surface area contributed by atoms with Crippen molar-refractivity contribution in [2.75, 3.05) is 20.2 Å². The first kappa shape index (κ1) is 21.5. The third-order valence-corrected chi connectivity index (χ3v) is 7.12. The van der Waals surface area contributed by atoms with Crippen molar-refractivity contribution in [2.24, 2.45) is 11.7 Å². The predicted molar refractivity (Wildman–Crippen MR) is 122 cm³/mol. The minimum atomic E-state index is 0.145. The number of methoxy groups -OCH3 is 1. The van der Waals surface area contributed by atoms with Crippen molar-refractivity contribution >= 4 is 11.4 Å². The number of hydrogen-bond acceptors (Lipinski definition) is 6. The van der Waals surface area contributed by atoms with E-state index in [1.807, 2.05) is 34.2 Å². The highest BCUT2D eigenvalue weighted by Crippen LogP contribution is 2.32. The number of carbonyl (C=O) groups is 1. The molecule has 1 amide bonds. The first-order valence-corrected chi connectivity index (χ1v) is 11.6. The molecule has 0 radical (unpaired) electrons. The lowest BCUT2D eigenvalue weighted by molar-refractivity contribution is -0.138. The number of rotatable bonds is 4. The standard InChI is InChI=1S/C24H29N7O2/c1-33-22-10-17(14-31-23(22)18(11-25)12-28-31)19-13-27-30(15-19)21-6-8-29(9-7-21)24(32)16-2-4-20(26)5-3-16/h10,12-16,20-21H,2-9,26H2,1H3/t16-,20-. The quantitative estimate of drug-likeness (QED) is 0.658. The van der Waals surface area contributed by atoms with Gasteiger partial charge in [0, 0.05) is 48.6 Å². The Morgan fingerprint density at radius 1 is 1.09 bits per heavy atom. The average Bonchev–Trinajstić information content (AvgIpc) is 3.51. The van der Waals surface area contributed by atoms with Crippen molar-refractivity contribution in [3.63, 3.8) is 0 Å². The van der Waals surface area contributed by atoms with Crippen molar-refractivity contribution in [2.45, 2.75) is 50.6 Å². The zero-order valence-electron chi connectivity index (χ0n) is 18.9. The van der Waals surface area contributed by atoms with E-state index in [-0.39, 0.29) is 18.0 Å². The summed E-state index contributed by atoms with van der Waals surface area (Å²) in [5.74, 6) is 1.05. The van der Waals surface area contributed by atoms with E-state index in [4.69, 9.17) is 10.5 Å². The van der Waals surface area contributed by atoms with Gasteiger partial charge >= 0.3 is 0 Å². The highest BCUT2D eigenvalue weighted by molar-refractivity contribution is 5.79. The number of carbonyl (C=O) groups excluding carboxylic acids is 1. The van der Waals surface area contributed by atoms with Gasteiger partial charge in [0.25, 0.3) is 0 Å². The Morgan fingerprint density at radius 3 is 2.55 bits per heavy atom. The highest BCUT2D eigenvalue weighted by atomic mass is 16.5. The first-order chi connectivity index (χ1) is 16.1. The number of ether oxygens (including phenoxy) is 1. The Balaban J connectivity index is 1.27. The van der Waals surface area contributed by atoms with Gasteiger partial charge in [-0.15, -0.1) is 0 Å². The summed E-state index contributed by atoms with van der Waals surface area (Å²) in [5.41, 5.74) is 9.01. The highest BCUT2D eigenvalue weighted by Gasteiger charge is 2.31. The molecule has 2 fully saturated rings. The van der Waals surface area contributed by atoms with Gasteiger partial charge in [0.2, 0.25) is 5.91 Å². The number of nitrogens with two attached hydrogens (primary N) is 1. The summed E-state index contributed by atoms with van der Waals surface area (Å²) in [5, 5.41) is 18.2. The lowest BCUT2D eigenvalue weighted by Crippen LogP contribution is -2.43. The molecule has 0 unspecified atom stereocenters. The number of amides is 1. The molecule has 4 heterocycles. The molecule has 5 rings (SSSR count). The number of piperidine rings is 1. The molecule has 2 aliphatic rings. The fourth-order valence-corrected chi connectivity index (χ4v) is 5.14. The van der Waals surface area contributed by atoms with Crippen LogP contribution >= 0.6 is 0 Å². The summed E-state index contributed by atoms with van der Waals surface area (Å²) in [6, 6.07) is 4.59. The second kappa shape index (κ2) is 8.87. The number of fused-ring (bicyclic) bond motifs is 1. The van der Waals surface area contributed by atoms with Gasteiger partial charge in [-0.25, -0.2) is 4.52 Å². The molecule has 9 heteroatoms. The van der Waals surface area contributed by atoms with Crippen molar-refractivity contribution in [1.82, 2.24) is 24.3 Å². The molecular formula is C24H29N7O2. The first-order valence-electron chi connectivity index (χ1n) is 11.6. The Hall–Kier alpha value is -3.38. The molecular weight excluding hydrogens is 418 g/mol. The van der Waals surface area contributed by atoms with E-state index in [1.165, 1.54) is 0 Å². The second-order valence-electron chi connectivity index (χ2n) is 9.14. The van der Waals surface area contributed by atoms with E-state index in [0.29, 0.717) is 22.7 Å². The van der Waals surface area contributed by atoms with E-state index in [1.54, 1.807) is 17.8 Å². The molecule has 172 valence electrons. The summed E-state index contributed by atoms with van der Waals surface area (Å²) in [6.45, 7) is 1.54. The summed E-state index contributed by atoms with van der Waals surface area (Å²) in [7, 11) is 1.59.